The monoisotopic (exact) mass is 437 g/mol. The molecule has 0 unspecified atom stereocenters. The number of hydrogen-bond donors (Lipinski definition) is 0. The van der Waals surface area contributed by atoms with E-state index in [1.165, 1.54) is 19.2 Å². The number of methoxy groups -OCH3 is 1. The molecule has 8 heteroatoms. The molecule has 1 saturated heterocycles. The largest absolute Gasteiger partial charge is 0.465 e. The third kappa shape index (κ3) is 3.27. The van der Waals surface area contributed by atoms with Gasteiger partial charge in [-0.2, -0.15) is 0 Å². The van der Waals surface area contributed by atoms with Gasteiger partial charge in [-0.3, -0.25) is 9.59 Å². The van der Waals surface area contributed by atoms with E-state index in [4.69, 9.17) is 13.9 Å². The van der Waals surface area contributed by atoms with Crippen molar-refractivity contribution in [3.05, 3.63) is 81.0 Å². The Balaban J connectivity index is 1.66. The van der Waals surface area contributed by atoms with Gasteiger partial charge in [0.2, 0.25) is 5.76 Å². The van der Waals surface area contributed by atoms with Crippen LogP contribution in [0.5, 0.6) is 0 Å². The number of rotatable bonds is 4. The van der Waals surface area contributed by atoms with Gasteiger partial charge in [-0.15, -0.1) is 0 Å². The van der Waals surface area contributed by atoms with Gasteiger partial charge in [0.15, 0.2) is 5.43 Å². The molecule has 3 heterocycles. The highest BCUT2D eigenvalue weighted by Gasteiger charge is 2.44. The van der Waals surface area contributed by atoms with Crippen LogP contribution in [-0.4, -0.2) is 43.1 Å². The van der Waals surface area contributed by atoms with Gasteiger partial charge in [0.1, 0.15) is 11.4 Å². The van der Waals surface area contributed by atoms with Crippen molar-refractivity contribution in [3.8, 4) is 0 Å². The van der Waals surface area contributed by atoms with Gasteiger partial charge in [0.05, 0.1) is 35.8 Å². The second-order valence-corrected chi connectivity index (χ2v) is 7.92. The first kappa shape index (κ1) is 20.4. The smallest absolute Gasteiger partial charge is 0.337 e. The molecular weight excluding hydrogens is 417 g/mol. The predicted octanol–water partition coefficient (Wildman–Crippen LogP) is 3.44. The summed E-state index contributed by atoms with van der Waals surface area (Å²) in [5.74, 6) is -1.52. The molecule has 32 heavy (non-hydrogen) atoms. The first-order valence-electron chi connectivity index (χ1n) is 10.3. The number of halogens is 1. The molecule has 0 spiro atoms. The summed E-state index contributed by atoms with van der Waals surface area (Å²) in [6.45, 7) is 0.912. The highest BCUT2D eigenvalue weighted by Crippen LogP contribution is 2.39. The van der Waals surface area contributed by atoms with E-state index < -0.39 is 29.2 Å². The van der Waals surface area contributed by atoms with Crippen molar-refractivity contribution < 1.29 is 27.9 Å². The molecule has 0 bridgehead atoms. The number of esters is 1. The van der Waals surface area contributed by atoms with E-state index in [1.807, 2.05) is 0 Å². The maximum absolute atomic E-state index is 13.8. The standard InChI is InChI=1S/C24H20FNO6/c1-30-24(29)14-6-4-13(5-7-14)20-19-21(27)17-11-15(25)8-9-18(17)32-22(19)23(28)26(20)12-16-3-2-10-31-16/h4-9,11,16,20H,2-3,10,12H2,1H3/t16-,20-/m0/s1. The predicted molar refractivity (Wildman–Crippen MR) is 112 cm³/mol. The van der Waals surface area contributed by atoms with Gasteiger partial charge >= 0.3 is 5.97 Å². The van der Waals surface area contributed by atoms with Crippen molar-refractivity contribution in [1.82, 2.24) is 4.90 Å². The average Bonchev–Trinajstić information content (AvgIpc) is 3.41. The molecule has 164 valence electrons. The number of amides is 1. The topological polar surface area (TPSA) is 86.0 Å². The first-order chi connectivity index (χ1) is 15.5. The van der Waals surface area contributed by atoms with Crippen LogP contribution in [0.15, 0.2) is 51.7 Å². The Morgan fingerprint density at radius 3 is 2.66 bits per heavy atom. The summed E-state index contributed by atoms with van der Waals surface area (Å²) in [6.07, 6.45) is 1.56. The molecule has 0 aliphatic carbocycles. The van der Waals surface area contributed by atoms with E-state index in [9.17, 15) is 18.8 Å². The molecule has 5 rings (SSSR count). The van der Waals surface area contributed by atoms with Crippen LogP contribution in [0.4, 0.5) is 4.39 Å². The fraction of sp³-hybridized carbons (Fsp3) is 0.292. The van der Waals surface area contributed by atoms with Gasteiger partial charge < -0.3 is 18.8 Å². The van der Waals surface area contributed by atoms with Crippen LogP contribution in [0, 0.1) is 5.82 Å². The van der Waals surface area contributed by atoms with Gasteiger partial charge in [-0.1, -0.05) is 12.1 Å². The fourth-order valence-electron chi connectivity index (χ4n) is 4.45. The number of fused-ring (bicyclic) bond motifs is 2. The normalized spacial score (nSPS) is 20.1. The zero-order chi connectivity index (χ0) is 22.4. The Hall–Kier alpha value is -3.52. The molecule has 1 aromatic heterocycles. The molecule has 2 aromatic carbocycles. The van der Waals surface area contributed by atoms with Crippen molar-refractivity contribution >= 4 is 22.8 Å². The second-order valence-electron chi connectivity index (χ2n) is 7.92. The van der Waals surface area contributed by atoms with Crippen LogP contribution in [0.1, 0.15) is 50.9 Å². The summed E-state index contributed by atoms with van der Waals surface area (Å²) >= 11 is 0. The highest BCUT2D eigenvalue weighted by molar-refractivity contribution is 5.99. The van der Waals surface area contributed by atoms with Crippen molar-refractivity contribution in [3.63, 3.8) is 0 Å². The van der Waals surface area contributed by atoms with E-state index in [0.717, 1.165) is 18.9 Å². The molecule has 7 nitrogen and oxygen atoms in total. The second kappa shape index (κ2) is 7.87. The quantitative estimate of drug-likeness (QED) is 0.582. The van der Waals surface area contributed by atoms with Crippen molar-refractivity contribution in [2.24, 2.45) is 0 Å². The zero-order valence-corrected chi connectivity index (χ0v) is 17.3. The van der Waals surface area contributed by atoms with Gasteiger partial charge in [-0.05, 0) is 48.7 Å². The number of carbonyl (C=O) groups excluding carboxylic acids is 2. The van der Waals surface area contributed by atoms with Crippen LogP contribution in [0.25, 0.3) is 11.0 Å². The molecular formula is C24H20FNO6. The summed E-state index contributed by atoms with van der Waals surface area (Å²) < 4.78 is 30.1. The molecule has 2 atom stereocenters. The first-order valence-corrected chi connectivity index (χ1v) is 10.3. The van der Waals surface area contributed by atoms with E-state index in [-0.39, 0.29) is 34.9 Å². The summed E-state index contributed by atoms with van der Waals surface area (Å²) in [7, 11) is 1.29. The maximum atomic E-state index is 13.8. The molecule has 0 radical (unpaired) electrons. The van der Waals surface area contributed by atoms with Crippen LogP contribution < -0.4 is 5.43 Å². The van der Waals surface area contributed by atoms with Crippen LogP contribution in [0.3, 0.4) is 0 Å². The molecule has 0 N–H and O–H groups in total. The lowest BCUT2D eigenvalue weighted by molar-refractivity contribution is 0.0486. The summed E-state index contributed by atoms with van der Waals surface area (Å²) in [6, 6.07) is 9.43. The lowest BCUT2D eigenvalue weighted by atomic mass is 9.97. The van der Waals surface area contributed by atoms with E-state index in [1.54, 1.807) is 29.2 Å². The Morgan fingerprint density at radius 1 is 1.19 bits per heavy atom. The number of benzene rings is 2. The Kier molecular flexibility index (Phi) is 5.01. The Morgan fingerprint density at radius 2 is 1.97 bits per heavy atom. The summed E-state index contributed by atoms with van der Waals surface area (Å²) in [4.78, 5) is 40.1. The van der Waals surface area contributed by atoms with E-state index in [0.29, 0.717) is 17.7 Å². The van der Waals surface area contributed by atoms with Crippen LogP contribution in [0.2, 0.25) is 0 Å². The SMILES string of the molecule is COC(=O)c1ccc([C@H]2c3c(oc4ccc(F)cc4c3=O)C(=O)N2C[C@@H]2CCCO2)cc1. The van der Waals surface area contributed by atoms with Gasteiger partial charge in [0, 0.05) is 13.2 Å². The Bertz CT molecular complexity index is 1280. The highest BCUT2D eigenvalue weighted by atomic mass is 19.1. The number of carbonyl (C=O) groups is 2. The minimum Gasteiger partial charge on any atom is -0.465 e. The minimum atomic E-state index is -0.739. The molecule has 1 fully saturated rings. The molecule has 0 saturated carbocycles. The molecule has 1 amide bonds. The fourth-order valence-corrected chi connectivity index (χ4v) is 4.45. The number of hydrogen-bond acceptors (Lipinski definition) is 6. The lowest BCUT2D eigenvalue weighted by Gasteiger charge is -2.27. The number of ether oxygens (including phenoxy) is 2. The maximum Gasteiger partial charge on any atom is 0.337 e. The lowest BCUT2D eigenvalue weighted by Crippen LogP contribution is -2.36. The van der Waals surface area contributed by atoms with Gasteiger partial charge in [-0.25, -0.2) is 9.18 Å². The Labute approximate surface area is 182 Å². The number of nitrogens with zero attached hydrogens (tertiary/aromatic N) is 1. The summed E-state index contributed by atoms with van der Waals surface area (Å²) in [5.41, 5.74) is 0.843. The average molecular weight is 437 g/mol. The molecule has 2 aliphatic heterocycles. The van der Waals surface area contributed by atoms with Crippen molar-refractivity contribution in [2.75, 3.05) is 20.3 Å². The molecule has 2 aliphatic rings. The van der Waals surface area contributed by atoms with Crippen molar-refractivity contribution in [1.29, 1.82) is 0 Å². The summed E-state index contributed by atoms with van der Waals surface area (Å²) in [5, 5.41) is 0.0756. The van der Waals surface area contributed by atoms with Crippen LogP contribution in [-0.2, 0) is 9.47 Å². The third-order valence-corrected chi connectivity index (χ3v) is 6.00. The zero-order valence-electron chi connectivity index (χ0n) is 17.3. The van der Waals surface area contributed by atoms with Crippen molar-refractivity contribution in [2.45, 2.75) is 25.0 Å². The third-order valence-electron chi connectivity index (χ3n) is 6.00. The van der Waals surface area contributed by atoms with E-state index in [2.05, 4.69) is 0 Å². The minimum absolute atomic E-state index is 0.0471. The van der Waals surface area contributed by atoms with E-state index >= 15 is 0 Å². The van der Waals surface area contributed by atoms with Crippen LogP contribution >= 0.6 is 0 Å². The molecule has 3 aromatic rings. The van der Waals surface area contributed by atoms with Gasteiger partial charge in [0.25, 0.3) is 5.91 Å².